The van der Waals surface area contributed by atoms with E-state index in [1.54, 1.807) is 0 Å². The average molecular weight is 253 g/mol. The van der Waals surface area contributed by atoms with E-state index in [1.165, 1.54) is 12.8 Å². The Labute approximate surface area is 111 Å². The Morgan fingerprint density at radius 3 is 2.72 bits per heavy atom. The van der Waals surface area contributed by atoms with Crippen LogP contribution in [-0.4, -0.2) is 43.8 Å². The van der Waals surface area contributed by atoms with E-state index in [4.69, 9.17) is 15.7 Å². The number of nitriles is 1. The van der Waals surface area contributed by atoms with Crippen LogP contribution in [0.5, 0.6) is 0 Å². The predicted octanol–water partition coefficient (Wildman–Crippen LogP) is 1.76. The fourth-order valence-corrected chi connectivity index (χ4v) is 1.84. The first kappa shape index (κ1) is 15.4. The van der Waals surface area contributed by atoms with Crippen molar-refractivity contribution in [3.8, 4) is 6.07 Å². The molecule has 0 aromatic carbocycles. The molecule has 1 aliphatic rings. The summed E-state index contributed by atoms with van der Waals surface area (Å²) in [5.74, 6) is 0.841. The van der Waals surface area contributed by atoms with Crippen LogP contribution < -0.4 is 5.73 Å². The molecule has 1 aliphatic carbocycles. The minimum absolute atomic E-state index is 0.636. The number of nitrogens with two attached hydrogens (primary N) is 1. The Balaban J connectivity index is 1.98. The molecule has 1 rings (SSSR count). The molecule has 0 heterocycles. The van der Waals surface area contributed by atoms with Gasteiger partial charge in [-0.3, -0.25) is 0 Å². The van der Waals surface area contributed by atoms with Gasteiger partial charge in [0.1, 0.15) is 5.54 Å². The monoisotopic (exact) mass is 253 g/mol. The van der Waals surface area contributed by atoms with Crippen LogP contribution >= 0.6 is 0 Å². The minimum Gasteiger partial charge on any atom is -0.380 e. The number of likely N-dealkylation sites (N-methyl/N-ethyl adjacent to an activating group) is 1. The molecule has 0 spiro atoms. The molecule has 1 unspecified atom stereocenters. The Morgan fingerprint density at radius 2 is 2.17 bits per heavy atom. The molecule has 0 bridgehead atoms. The Bertz CT molecular complexity index is 273. The molecule has 0 aliphatic heterocycles. The second kappa shape index (κ2) is 7.73. The molecule has 104 valence electrons. The lowest BCUT2D eigenvalue weighted by Gasteiger charge is -2.22. The van der Waals surface area contributed by atoms with Gasteiger partial charge in [0.05, 0.1) is 12.7 Å². The van der Waals surface area contributed by atoms with E-state index in [0.29, 0.717) is 0 Å². The maximum Gasteiger partial charge on any atom is 0.104 e. The molecule has 1 atom stereocenters. The van der Waals surface area contributed by atoms with Gasteiger partial charge >= 0.3 is 0 Å². The second-order valence-corrected chi connectivity index (χ2v) is 5.55. The third-order valence-corrected chi connectivity index (χ3v) is 3.68. The van der Waals surface area contributed by atoms with Crippen molar-refractivity contribution in [3.05, 3.63) is 0 Å². The van der Waals surface area contributed by atoms with Crippen LogP contribution in [0, 0.1) is 17.2 Å². The van der Waals surface area contributed by atoms with Crippen molar-refractivity contribution in [1.29, 1.82) is 5.26 Å². The number of hydrogen-bond acceptors (Lipinski definition) is 4. The minimum atomic E-state index is -0.636. The van der Waals surface area contributed by atoms with Crippen molar-refractivity contribution in [2.45, 2.75) is 44.6 Å². The van der Waals surface area contributed by atoms with Crippen LogP contribution in [0.1, 0.15) is 39.0 Å². The van der Waals surface area contributed by atoms with Gasteiger partial charge in [0, 0.05) is 13.2 Å². The molecule has 1 saturated carbocycles. The highest BCUT2D eigenvalue weighted by molar-refractivity contribution is 5.03. The van der Waals surface area contributed by atoms with Gasteiger partial charge in [-0.25, -0.2) is 0 Å². The molecule has 0 aromatic heterocycles. The molecular weight excluding hydrogens is 226 g/mol. The first-order valence-electron chi connectivity index (χ1n) is 7.06. The normalized spacial score (nSPS) is 18.6. The Kier molecular flexibility index (Phi) is 6.62. The zero-order valence-electron chi connectivity index (χ0n) is 11.8. The summed E-state index contributed by atoms with van der Waals surface area (Å²) in [5.41, 5.74) is 5.30. The number of hydrogen-bond donors (Lipinski definition) is 1. The van der Waals surface area contributed by atoms with Crippen molar-refractivity contribution in [3.63, 3.8) is 0 Å². The summed E-state index contributed by atoms with van der Waals surface area (Å²) in [6.45, 7) is 5.66. The summed E-state index contributed by atoms with van der Waals surface area (Å²) in [6.07, 6.45) is 5.15. The number of ether oxygens (including phenoxy) is 1. The first-order valence-corrected chi connectivity index (χ1v) is 7.06. The fraction of sp³-hybridized carbons (Fsp3) is 0.929. The topological polar surface area (TPSA) is 62.3 Å². The molecule has 1 fully saturated rings. The first-order chi connectivity index (χ1) is 8.59. The third-order valence-electron chi connectivity index (χ3n) is 3.68. The lowest BCUT2D eigenvalue weighted by atomic mass is 9.93. The molecule has 4 heteroatoms. The van der Waals surface area contributed by atoms with Gasteiger partial charge in [-0.05, 0) is 51.6 Å². The fourth-order valence-electron chi connectivity index (χ4n) is 1.84. The maximum absolute atomic E-state index is 8.97. The van der Waals surface area contributed by atoms with Gasteiger partial charge < -0.3 is 15.4 Å². The zero-order chi connectivity index (χ0) is 13.4. The van der Waals surface area contributed by atoms with Crippen LogP contribution in [0.4, 0.5) is 0 Å². The lowest BCUT2D eigenvalue weighted by molar-refractivity contribution is 0.103. The summed E-state index contributed by atoms with van der Waals surface area (Å²) in [7, 11) is 2.09. The predicted molar refractivity (Wildman–Crippen MR) is 73.1 cm³/mol. The van der Waals surface area contributed by atoms with E-state index >= 15 is 0 Å². The molecule has 0 aromatic rings. The summed E-state index contributed by atoms with van der Waals surface area (Å²) in [5, 5.41) is 8.97. The summed E-state index contributed by atoms with van der Waals surface area (Å²) in [6, 6.07) is 2.21. The van der Waals surface area contributed by atoms with E-state index in [-0.39, 0.29) is 0 Å². The standard InChI is InChI=1S/C14H27N3O/c1-3-14(16,12-15)7-4-8-17(2)9-10-18-11-13-5-6-13/h13H,3-11,16H2,1-2H3. The van der Waals surface area contributed by atoms with E-state index in [0.717, 1.165) is 51.5 Å². The van der Waals surface area contributed by atoms with E-state index in [1.807, 2.05) is 6.92 Å². The van der Waals surface area contributed by atoms with Crippen molar-refractivity contribution in [2.75, 3.05) is 33.4 Å². The Morgan fingerprint density at radius 1 is 1.44 bits per heavy atom. The summed E-state index contributed by atoms with van der Waals surface area (Å²) >= 11 is 0. The quantitative estimate of drug-likeness (QED) is 0.603. The SMILES string of the molecule is CCC(N)(C#N)CCCN(C)CCOCC1CC1. The van der Waals surface area contributed by atoms with Crippen LogP contribution in [0.25, 0.3) is 0 Å². The van der Waals surface area contributed by atoms with E-state index < -0.39 is 5.54 Å². The van der Waals surface area contributed by atoms with Gasteiger partial charge in [-0.2, -0.15) is 5.26 Å². The van der Waals surface area contributed by atoms with Crippen molar-refractivity contribution < 1.29 is 4.74 Å². The Hall–Kier alpha value is -0.630. The summed E-state index contributed by atoms with van der Waals surface area (Å²) in [4.78, 5) is 2.25. The number of nitrogens with zero attached hydrogens (tertiary/aromatic N) is 2. The van der Waals surface area contributed by atoms with Gasteiger partial charge in [0.15, 0.2) is 0 Å². The highest BCUT2D eigenvalue weighted by atomic mass is 16.5. The zero-order valence-corrected chi connectivity index (χ0v) is 11.8. The molecule has 4 nitrogen and oxygen atoms in total. The highest BCUT2D eigenvalue weighted by Crippen LogP contribution is 2.28. The largest absolute Gasteiger partial charge is 0.380 e. The smallest absolute Gasteiger partial charge is 0.104 e. The third kappa shape index (κ3) is 6.34. The van der Waals surface area contributed by atoms with Crippen molar-refractivity contribution in [2.24, 2.45) is 11.7 Å². The molecule has 0 radical (unpaired) electrons. The molecule has 18 heavy (non-hydrogen) atoms. The van der Waals surface area contributed by atoms with Crippen LogP contribution in [-0.2, 0) is 4.74 Å². The molecule has 0 saturated heterocycles. The maximum atomic E-state index is 8.97. The van der Waals surface area contributed by atoms with E-state index in [2.05, 4.69) is 18.0 Å². The highest BCUT2D eigenvalue weighted by Gasteiger charge is 2.22. The molecule has 2 N–H and O–H groups in total. The average Bonchev–Trinajstić information content (AvgIpc) is 3.18. The van der Waals surface area contributed by atoms with Gasteiger partial charge in [0.2, 0.25) is 0 Å². The van der Waals surface area contributed by atoms with Gasteiger partial charge in [-0.15, -0.1) is 0 Å². The van der Waals surface area contributed by atoms with Crippen molar-refractivity contribution in [1.82, 2.24) is 4.90 Å². The molecular formula is C14H27N3O. The second-order valence-electron chi connectivity index (χ2n) is 5.55. The van der Waals surface area contributed by atoms with Gasteiger partial charge in [-0.1, -0.05) is 6.92 Å². The molecule has 0 amide bonds. The van der Waals surface area contributed by atoms with Crippen LogP contribution in [0.15, 0.2) is 0 Å². The lowest BCUT2D eigenvalue weighted by Crippen LogP contribution is -2.38. The van der Waals surface area contributed by atoms with Crippen LogP contribution in [0.2, 0.25) is 0 Å². The summed E-state index contributed by atoms with van der Waals surface area (Å²) < 4.78 is 5.60. The van der Waals surface area contributed by atoms with Crippen LogP contribution in [0.3, 0.4) is 0 Å². The van der Waals surface area contributed by atoms with Crippen molar-refractivity contribution >= 4 is 0 Å². The van der Waals surface area contributed by atoms with E-state index in [9.17, 15) is 0 Å². The number of rotatable bonds is 10. The van der Waals surface area contributed by atoms with Gasteiger partial charge in [0.25, 0.3) is 0 Å².